The van der Waals surface area contributed by atoms with Gasteiger partial charge in [0, 0.05) is 6.42 Å². The molecule has 0 bridgehead atoms. The second-order valence-corrected chi connectivity index (χ2v) is 3.98. The molecular formula is C16H20O. The summed E-state index contributed by atoms with van der Waals surface area (Å²) < 4.78 is 5.62. The minimum atomic E-state index is 0.716. The van der Waals surface area contributed by atoms with E-state index in [1.807, 2.05) is 50.3 Å². The highest BCUT2D eigenvalue weighted by molar-refractivity contribution is 5.20. The molecule has 0 N–H and O–H groups in total. The minimum absolute atomic E-state index is 0.716. The van der Waals surface area contributed by atoms with E-state index in [-0.39, 0.29) is 0 Å². The maximum absolute atomic E-state index is 5.62. The Bertz CT molecular complexity index is 399. The predicted octanol–water partition coefficient (Wildman–Crippen LogP) is 4.28. The van der Waals surface area contributed by atoms with E-state index in [4.69, 9.17) is 4.74 Å². The lowest BCUT2D eigenvalue weighted by Gasteiger charge is -2.05. The summed E-state index contributed by atoms with van der Waals surface area (Å²) in [5, 5.41) is 0. The second-order valence-electron chi connectivity index (χ2n) is 3.98. The Hall–Kier alpha value is -1.76. The zero-order valence-corrected chi connectivity index (χ0v) is 10.6. The van der Waals surface area contributed by atoms with E-state index in [9.17, 15) is 0 Å². The lowest BCUT2D eigenvalue weighted by atomic mass is 10.2. The van der Waals surface area contributed by atoms with Gasteiger partial charge >= 0.3 is 0 Å². The van der Waals surface area contributed by atoms with Crippen LogP contribution in [0.1, 0.15) is 19.4 Å². The van der Waals surface area contributed by atoms with E-state index in [1.165, 1.54) is 5.56 Å². The van der Waals surface area contributed by atoms with Crippen LogP contribution in [0.3, 0.4) is 0 Å². The van der Waals surface area contributed by atoms with E-state index >= 15 is 0 Å². The van der Waals surface area contributed by atoms with Gasteiger partial charge in [-0.3, -0.25) is 0 Å². The summed E-state index contributed by atoms with van der Waals surface area (Å²) in [6.45, 7) is 8.40. The van der Waals surface area contributed by atoms with E-state index in [0.717, 1.165) is 17.8 Å². The van der Waals surface area contributed by atoms with Gasteiger partial charge in [-0.2, -0.15) is 0 Å². The molecule has 0 unspecified atom stereocenters. The van der Waals surface area contributed by atoms with Crippen molar-refractivity contribution >= 4 is 0 Å². The van der Waals surface area contributed by atoms with Gasteiger partial charge in [-0.15, -0.1) is 0 Å². The summed E-state index contributed by atoms with van der Waals surface area (Å²) in [7, 11) is 0. The molecule has 1 aromatic rings. The van der Waals surface area contributed by atoms with Gasteiger partial charge in [-0.1, -0.05) is 54.6 Å². The van der Waals surface area contributed by atoms with Crippen LogP contribution in [0.25, 0.3) is 0 Å². The highest BCUT2D eigenvalue weighted by Gasteiger charge is 1.92. The summed E-state index contributed by atoms with van der Waals surface area (Å²) in [6.07, 6.45) is 6.75. The maximum Gasteiger partial charge on any atom is 0.0929 e. The van der Waals surface area contributed by atoms with E-state index < -0.39 is 0 Å². The summed E-state index contributed by atoms with van der Waals surface area (Å²) in [6, 6.07) is 10.4. The van der Waals surface area contributed by atoms with Crippen molar-refractivity contribution in [3.05, 3.63) is 72.0 Å². The molecule has 1 aromatic carbocycles. The zero-order chi connectivity index (χ0) is 12.5. The molecule has 1 rings (SSSR count). The van der Waals surface area contributed by atoms with Crippen molar-refractivity contribution in [2.75, 3.05) is 6.61 Å². The largest absolute Gasteiger partial charge is 0.498 e. The van der Waals surface area contributed by atoms with Crippen LogP contribution in [-0.4, -0.2) is 6.61 Å². The first-order valence-corrected chi connectivity index (χ1v) is 5.86. The Morgan fingerprint density at radius 3 is 2.53 bits per heavy atom. The van der Waals surface area contributed by atoms with E-state index in [2.05, 4.69) is 18.7 Å². The number of allylic oxidation sites excluding steroid dienone is 5. The number of hydrogen-bond acceptors (Lipinski definition) is 1. The van der Waals surface area contributed by atoms with Crippen LogP contribution in [-0.2, 0) is 11.2 Å². The SMILES string of the molecule is C=C/C(C)=C\C=C(/C)OCCc1ccccc1. The second kappa shape index (κ2) is 7.50. The first kappa shape index (κ1) is 13.3. The molecule has 0 fully saturated rings. The fourth-order valence-electron chi connectivity index (χ4n) is 1.34. The van der Waals surface area contributed by atoms with Gasteiger partial charge < -0.3 is 4.74 Å². The van der Waals surface area contributed by atoms with Gasteiger partial charge in [0.2, 0.25) is 0 Å². The molecule has 0 radical (unpaired) electrons. The van der Waals surface area contributed by atoms with Gasteiger partial charge in [-0.25, -0.2) is 0 Å². The molecular weight excluding hydrogens is 208 g/mol. The standard InChI is InChI=1S/C16H20O/c1-4-14(2)10-11-15(3)17-13-12-16-8-6-5-7-9-16/h4-11H,1,12-13H2,2-3H3/b14-10-,15-11+. The fraction of sp³-hybridized carbons (Fsp3) is 0.250. The number of hydrogen-bond donors (Lipinski definition) is 0. The Morgan fingerprint density at radius 2 is 1.88 bits per heavy atom. The van der Waals surface area contributed by atoms with Crippen LogP contribution >= 0.6 is 0 Å². The molecule has 0 aliphatic rings. The van der Waals surface area contributed by atoms with Crippen molar-refractivity contribution in [3.8, 4) is 0 Å². The Balaban J connectivity index is 2.34. The molecule has 0 heterocycles. The third kappa shape index (κ3) is 5.76. The molecule has 0 saturated carbocycles. The smallest absolute Gasteiger partial charge is 0.0929 e. The molecule has 90 valence electrons. The van der Waals surface area contributed by atoms with Gasteiger partial charge in [0.1, 0.15) is 0 Å². The van der Waals surface area contributed by atoms with Gasteiger partial charge in [0.15, 0.2) is 0 Å². The molecule has 1 nitrogen and oxygen atoms in total. The molecule has 0 aromatic heterocycles. The average Bonchev–Trinajstić information content (AvgIpc) is 2.37. The van der Waals surface area contributed by atoms with Crippen LogP contribution in [0.15, 0.2) is 66.5 Å². The molecule has 0 spiro atoms. The number of rotatable bonds is 6. The third-order valence-corrected chi connectivity index (χ3v) is 2.47. The average molecular weight is 228 g/mol. The molecule has 0 amide bonds. The van der Waals surface area contributed by atoms with Crippen LogP contribution in [0.5, 0.6) is 0 Å². The van der Waals surface area contributed by atoms with E-state index in [0.29, 0.717) is 6.61 Å². The lowest BCUT2D eigenvalue weighted by molar-refractivity contribution is 0.218. The van der Waals surface area contributed by atoms with Crippen LogP contribution < -0.4 is 0 Å². The third-order valence-electron chi connectivity index (χ3n) is 2.47. The first-order chi connectivity index (χ1) is 8.22. The van der Waals surface area contributed by atoms with Gasteiger partial charge in [0.25, 0.3) is 0 Å². The number of benzene rings is 1. The Morgan fingerprint density at radius 1 is 1.18 bits per heavy atom. The molecule has 1 heteroatoms. The Kier molecular flexibility index (Phi) is 5.87. The fourth-order valence-corrected chi connectivity index (χ4v) is 1.34. The van der Waals surface area contributed by atoms with Crippen molar-refractivity contribution in [3.63, 3.8) is 0 Å². The minimum Gasteiger partial charge on any atom is -0.498 e. The van der Waals surface area contributed by atoms with Gasteiger partial charge in [0.05, 0.1) is 12.4 Å². The van der Waals surface area contributed by atoms with Crippen molar-refractivity contribution in [1.82, 2.24) is 0 Å². The zero-order valence-electron chi connectivity index (χ0n) is 10.6. The summed E-state index contributed by atoms with van der Waals surface area (Å²) in [5.74, 6) is 0.933. The lowest BCUT2D eigenvalue weighted by Crippen LogP contribution is -1.96. The van der Waals surface area contributed by atoms with Gasteiger partial charge in [-0.05, 0) is 25.5 Å². The summed E-state index contributed by atoms with van der Waals surface area (Å²) in [4.78, 5) is 0. The van der Waals surface area contributed by atoms with Crippen molar-refractivity contribution in [2.24, 2.45) is 0 Å². The highest BCUT2D eigenvalue weighted by atomic mass is 16.5. The first-order valence-electron chi connectivity index (χ1n) is 5.86. The van der Waals surface area contributed by atoms with Crippen molar-refractivity contribution in [2.45, 2.75) is 20.3 Å². The molecule has 0 atom stereocenters. The monoisotopic (exact) mass is 228 g/mol. The Labute approximate surface area is 104 Å². The maximum atomic E-state index is 5.62. The van der Waals surface area contributed by atoms with Crippen molar-refractivity contribution < 1.29 is 4.74 Å². The number of ether oxygens (including phenoxy) is 1. The van der Waals surface area contributed by atoms with Crippen LogP contribution in [0, 0.1) is 0 Å². The van der Waals surface area contributed by atoms with E-state index in [1.54, 1.807) is 0 Å². The summed E-state index contributed by atoms with van der Waals surface area (Å²) in [5.41, 5.74) is 2.44. The van der Waals surface area contributed by atoms with Crippen LogP contribution in [0.4, 0.5) is 0 Å². The normalized spacial score (nSPS) is 12.4. The molecule has 0 saturated heterocycles. The molecule has 0 aliphatic heterocycles. The molecule has 17 heavy (non-hydrogen) atoms. The topological polar surface area (TPSA) is 9.23 Å². The quantitative estimate of drug-likeness (QED) is 0.521. The molecule has 0 aliphatic carbocycles. The van der Waals surface area contributed by atoms with Crippen LogP contribution in [0.2, 0.25) is 0 Å². The predicted molar refractivity (Wildman–Crippen MR) is 73.8 cm³/mol. The summed E-state index contributed by atoms with van der Waals surface area (Å²) >= 11 is 0. The highest BCUT2D eigenvalue weighted by Crippen LogP contribution is 2.03. The van der Waals surface area contributed by atoms with Crippen molar-refractivity contribution in [1.29, 1.82) is 0 Å².